The molecular weight excluding hydrogens is 158 g/mol. The summed E-state index contributed by atoms with van der Waals surface area (Å²) in [5.41, 5.74) is 0. The van der Waals surface area contributed by atoms with E-state index in [0.29, 0.717) is 6.04 Å². The Balaban J connectivity index is 1.90. The number of rotatable bonds is 1. The normalized spacial score (nSPS) is 37.6. The van der Waals surface area contributed by atoms with Gasteiger partial charge in [-0.05, 0) is 25.0 Å². The van der Waals surface area contributed by atoms with E-state index in [1.807, 2.05) is 11.8 Å². The molecule has 2 fully saturated rings. The minimum Gasteiger partial charge on any atom is -0.352 e. The zero-order valence-corrected chi connectivity index (χ0v) is 7.32. The highest BCUT2D eigenvalue weighted by atomic mass is 32.2. The zero-order chi connectivity index (χ0) is 7.68. The van der Waals surface area contributed by atoms with Gasteiger partial charge in [0, 0.05) is 17.7 Å². The van der Waals surface area contributed by atoms with Crippen LogP contribution in [0.25, 0.3) is 0 Å². The Kier molecular flexibility index (Phi) is 2.07. The van der Waals surface area contributed by atoms with E-state index < -0.39 is 0 Å². The number of amides is 1. The molecule has 11 heavy (non-hydrogen) atoms. The fourth-order valence-electron chi connectivity index (χ4n) is 1.84. The van der Waals surface area contributed by atoms with Gasteiger partial charge in [0.05, 0.1) is 0 Å². The summed E-state index contributed by atoms with van der Waals surface area (Å²) in [5, 5.41) is 3.76. The summed E-state index contributed by atoms with van der Waals surface area (Å²) in [6.45, 7) is 0. The second-order valence-electron chi connectivity index (χ2n) is 3.26. The van der Waals surface area contributed by atoms with Gasteiger partial charge in [0.1, 0.15) is 0 Å². The van der Waals surface area contributed by atoms with Crippen LogP contribution in [-0.4, -0.2) is 23.0 Å². The molecule has 0 bridgehead atoms. The van der Waals surface area contributed by atoms with Crippen LogP contribution in [0.4, 0.5) is 0 Å². The third kappa shape index (κ3) is 1.53. The molecule has 0 saturated carbocycles. The van der Waals surface area contributed by atoms with E-state index in [1.54, 1.807) is 0 Å². The van der Waals surface area contributed by atoms with Gasteiger partial charge in [0.25, 0.3) is 0 Å². The van der Waals surface area contributed by atoms with E-state index in [0.717, 1.165) is 18.1 Å². The highest BCUT2D eigenvalue weighted by Crippen LogP contribution is 2.31. The van der Waals surface area contributed by atoms with Crippen molar-refractivity contribution in [3.05, 3.63) is 0 Å². The summed E-state index contributed by atoms with van der Waals surface area (Å²) in [6, 6.07) is 0.495. The van der Waals surface area contributed by atoms with Crippen LogP contribution in [0.1, 0.15) is 25.7 Å². The van der Waals surface area contributed by atoms with Gasteiger partial charge >= 0.3 is 0 Å². The van der Waals surface area contributed by atoms with E-state index in [4.69, 9.17) is 0 Å². The van der Waals surface area contributed by atoms with Gasteiger partial charge in [0.15, 0.2) is 0 Å². The van der Waals surface area contributed by atoms with E-state index in [-0.39, 0.29) is 5.91 Å². The van der Waals surface area contributed by atoms with Crippen molar-refractivity contribution in [2.75, 3.05) is 5.75 Å². The summed E-state index contributed by atoms with van der Waals surface area (Å²) < 4.78 is 0. The summed E-state index contributed by atoms with van der Waals surface area (Å²) in [7, 11) is 0. The quantitative estimate of drug-likeness (QED) is 0.641. The molecule has 0 aromatic rings. The molecule has 0 aromatic heterocycles. The van der Waals surface area contributed by atoms with Crippen molar-refractivity contribution >= 4 is 17.7 Å². The molecule has 2 heterocycles. The van der Waals surface area contributed by atoms with Crippen molar-refractivity contribution in [2.24, 2.45) is 0 Å². The maximum atomic E-state index is 10.9. The van der Waals surface area contributed by atoms with E-state index in [1.165, 1.54) is 18.6 Å². The molecule has 1 N–H and O–H groups in total. The Bertz CT molecular complexity index is 165. The minimum absolute atomic E-state index is 0.252. The first-order chi connectivity index (χ1) is 5.36. The molecule has 2 rings (SSSR count). The molecule has 2 nitrogen and oxygen atoms in total. The minimum atomic E-state index is 0.252. The van der Waals surface area contributed by atoms with Gasteiger partial charge < -0.3 is 5.32 Å². The van der Waals surface area contributed by atoms with Crippen molar-refractivity contribution in [2.45, 2.75) is 37.0 Å². The van der Waals surface area contributed by atoms with Gasteiger partial charge in [-0.25, -0.2) is 0 Å². The number of carbonyl (C=O) groups excluding carboxylic acids is 1. The van der Waals surface area contributed by atoms with Gasteiger partial charge in [-0.3, -0.25) is 4.79 Å². The zero-order valence-electron chi connectivity index (χ0n) is 6.51. The molecule has 0 aromatic carbocycles. The molecule has 0 spiro atoms. The third-order valence-corrected chi connectivity index (χ3v) is 3.96. The van der Waals surface area contributed by atoms with Crippen molar-refractivity contribution in [3.63, 3.8) is 0 Å². The largest absolute Gasteiger partial charge is 0.352 e. The van der Waals surface area contributed by atoms with E-state index >= 15 is 0 Å². The molecule has 1 amide bonds. The summed E-state index contributed by atoms with van der Waals surface area (Å²) in [5.74, 6) is 1.54. The fourth-order valence-corrected chi connectivity index (χ4v) is 3.24. The monoisotopic (exact) mass is 171 g/mol. The first-order valence-corrected chi connectivity index (χ1v) is 5.32. The first-order valence-electron chi connectivity index (χ1n) is 4.27. The van der Waals surface area contributed by atoms with Gasteiger partial charge in [-0.2, -0.15) is 11.8 Å². The van der Waals surface area contributed by atoms with Crippen LogP contribution >= 0.6 is 11.8 Å². The number of hydrogen-bond acceptors (Lipinski definition) is 2. The predicted molar refractivity (Wildman–Crippen MR) is 46.6 cm³/mol. The Hall–Kier alpha value is -0.180. The molecule has 3 heteroatoms. The van der Waals surface area contributed by atoms with Gasteiger partial charge in [-0.1, -0.05) is 0 Å². The van der Waals surface area contributed by atoms with Gasteiger partial charge in [0.2, 0.25) is 5.91 Å². The van der Waals surface area contributed by atoms with Crippen LogP contribution in [-0.2, 0) is 4.79 Å². The molecule has 62 valence electrons. The summed E-state index contributed by atoms with van der Waals surface area (Å²) in [4.78, 5) is 10.9. The molecular formula is C8H13NOS. The Morgan fingerprint density at radius 2 is 2.36 bits per heavy atom. The van der Waals surface area contributed by atoms with Crippen molar-refractivity contribution in [3.8, 4) is 0 Å². The van der Waals surface area contributed by atoms with Crippen LogP contribution in [0.3, 0.4) is 0 Å². The second kappa shape index (κ2) is 3.05. The first kappa shape index (κ1) is 7.47. The lowest BCUT2D eigenvalue weighted by Gasteiger charge is -2.16. The lowest BCUT2D eigenvalue weighted by Crippen LogP contribution is -2.33. The number of hydrogen-bond donors (Lipinski definition) is 1. The smallest absolute Gasteiger partial charge is 0.220 e. The summed E-state index contributed by atoms with van der Waals surface area (Å²) in [6.07, 6.45) is 4.45. The average Bonchev–Trinajstić information content (AvgIpc) is 2.55. The topological polar surface area (TPSA) is 29.1 Å². The van der Waals surface area contributed by atoms with Crippen LogP contribution < -0.4 is 5.32 Å². The fraction of sp³-hybridized carbons (Fsp3) is 0.875. The molecule has 2 saturated heterocycles. The Morgan fingerprint density at radius 1 is 1.45 bits per heavy atom. The number of nitrogens with one attached hydrogen (secondary N) is 1. The highest BCUT2D eigenvalue weighted by molar-refractivity contribution is 8.00. The summed E-state index contributed by atoms with van der Waals surface area (Å²) >= 11 is 2.03. The standard InChI is InChI=1S/C8H13NOS/c10-8-4-3-6(9-8)7-2-1-5-11-7/h6-7H,1-5H2,(H,9,10). The van der Waals surface area contributed by atoms with Crippen molar-refractivity contribution < 1.29 is 4.79 Å². The molecule has 0 radical (unpaired) electrons. The predicted octanol–water partition coefficient (Wildman–Crippen LogP) is 1.16. The second-order valence-corrected chi connectivity index (χ2v) is 4.61. The van der Waals surface area contributed by atoms with Crippen LogP contribution in [0.5, 0.6) is 0 Å². The molecule has 0 aliphatic carbocycles. The number of carbonyl (C=O) groups is 1. The Labute approximate surface area is 71.1 Å². The van der Waals surface area contributed by atoms with Crippen LogP contribution in [0.15, 0.2) is 0 Å². The van der Waals surface area contributed by atoms with Crippen LogP contribution in [0.2, 0.25) is 0 Å². The maximum Gasteiger partial charge on any atom is 0.220 e. The highest BCUT2D eigenvalue weighted by Gasteiger charge is 2.30. The third-order valence-electron chi connectivity index (χ3n) is 2.44. The van der Waals surface area contributed by atoms with E-state index in [2.05, 4.69) is 5.32 Å². The lowest BCUT2D eigenvalue weighted by molar-refractivity contribution is -0.119. The number of thioether (sulfide) groups is 1. The van der Waals surface area contributed by atoms with E-state index in [9.17, 15) is 4.79 Å². The Morgan fingerprint density at radius 3 is 2.91 bits per heavy atom. The average molecular weight is 171 g/mol. The van der Waals surface area contributed by atoms with Crippen molar-refractivity contribution in [1.29, 1.82) is 0 Å². The van der Waals surface area contributed by atoms with Crippen LogP contribution in [0, 0.1) is 0 Å². The molecule has 2 unspecified atom stereocenters. The maximum absolute atomic E-state index is 10.9. The van der Waals surface area contributed by atoms with Crippen molar-refractivity contribution in [1.82, 2.24) is 5.32 Å². The van der Waals surface area contributed by atoms with Gasteiger partial charge in [-0.15, -0.1) is 0 Å². The molecule has 2 atom stereocenters. The SMILES string of the molecule is O=C1CCC(C2CCCS2)N1. The lowest BCUT2D eigenvalue weighted by atomic mass is 10.1. The molecule has 2 aliphatic heterocycles. The molecule has 2 aliphatic rings.